The normalized spacial score (nSPS) is 16.0. The van der Waals surface area contributed by atoms with Crippen LogP contribution < -0.4 is 5.32 Å². The molecule has 2 aromatic rings. The molecule has 0 radical (unpaired) electrons. The number of rotatable bonds is 6. The molecule has 1 aliphatic rings. The van der Waals surface area contributed by atoms with Crippen LogP contribution >= 0.6 is 27.5 Å². The molecule has 156 valence electrons. The molecule has 1 aliphatic heterocycles. The maximum absolute atomic E-state index is 12.8. The summed E-state index contributed by atoms with van der Waals surface area (Å²) in [5.41, 5.74) is 1.45. The molecule has 0 spiro atoms. The Morgan fingerprint density at radius 1 is 1.10 bits per heavy atom. The number of piperazine rings is 1. The summed E-state index contributed by atoms with van der Waals surface area (Å²) in [7, 11) is -3.46. The summed E-state index contributed by atoms with van der Waals surface area (Å²) in [4.78, 5) is 14.8. The van der Waals surface area contributed by atoms with Crippen LogP contribution in [0.15, 0.2) is 51.8 Å². The zero-order valence-corrected chi connectivity index (χ0v) is 19.2. The van der Waals surface area contributed by atoms with Gasteiger partial charge in [0.1, 0.15) is 0 Å². The monoisotopic (exact) mass is 499 g/mol. The van der Waals surface area contributed by atoms with Gasteiger partial charge in [0.05, 0.1) is 15.5 Å². The Labute approximate surface area is 185 Å². The molecule has 1 fully saturated rings. The van der Waals surface area contributed by atoms with Crippen molar-refractivity contribution in [2.75, 3.05) is 39.3 Å². The van der Waals surface area contributed by atoms with Crippen molar-refractivity contribution in [1.29, 1.82) is 0 Å². The zero-order valence-electron chi connectivity index (χ0n) is 16.1. The lowest BCUT2D eigenvalue weighted by molar-refractivity contribution is 0.0945. The third-order valence-corrected chi connectivity index (χ3v) is 7.61. The number of carbonyl (C=O) groups is 1. The van der Waals surface area contributed by atoms with Crippen LogP contribution in [0.25, 0.3) is 0 Å². The second kappa shape index (κ2) is 9.57. The van der Waals surface area contributed by atoms with Crippen LogP contribution in [0.3, 0.4) is 0 Å². The van der Waals surface area contributed by atoms with Gasteiger partial charge in [-0.1, -0.05) is 45.2 Å². The zero-order chi connectivity index (χ0) is 21.0. The molecule has 0 aliphatic carbocycles. The number of sulfonamides is 1. The summed E-state index contributed by atoms with van der Waals surface area (Å²) in [6.07, 6.45) is 0. The SMILES string of the molecule is Cc1ccc(S(=O)(=O)N2CCN(CCNC(=O)c3cc(Br)ccc3Cl)CC2)cc1. The van der Waals surface area contributed by atoms with E-state index in [9.17, 15) is 13.2 Å². The van der Waals surface area contributed by atoms with Gasteiger partial charge >= 0.3 is 0 Å². The minimum absolute atomic E-state index is 0.225. The van der Waals surface area contributed by atoms with E-state index in [4.69, 9.17) is 11.6 Å². The summed E-state index contributed by atoms with van der Waals surface area (Å²) in [6, 6.07) is 12.1. The van der Waals surface area contributed by atoms with Crippen molar-refractivity contribution in [2.24, 2.45) is 0 Å². The topological polar surface area (TPSA) is 69.7 Å². The van der Waals surface area contributed by atoms with Gasteiger partial charge in [-0.05, 0) is 37.3 Å². The van der Waals surface area contributed by atoms with E-state index in [-0.39, 0.29) is 5.91 Å². The van der Waals surface area contributed by atoms with Gasteiger partial charge in [0, 0.05) is 43.7 Å². The Balaban J connectivity index is 1.48. The fourth-order valence-corrected chi connectivity index (χ4v) is 5.13. The van der Waals surface area contributed by atoms with Gasteiger partial charge in [-0.25, -0.2) is 8.42 Å². The molecule has 1 heterocycles. The van der Waals surface area contributed by atoms with E-state index in [0.717, 1.165) is 10.0 Å². The van der Waals surface area contributed by atoms with Gasteiger partial charge in [0.25, 0.3) is 5.91 Å². The van der Waals surface area contributed by atoms with Gasteiger partial charge < -0.3 is 5.32 Å². The molecule has 1 N–H and O–H groups in total. The van der Waals surface area contributed by atoms with E-state index in [1.807, 2.05) is 19.1 Å². The summed E-state index contributed by atoms with van der Waals surface area (Å²) in [5, 5.41) is 3.27. The third kappa shape index (κ3) is 5.58. The number of amides is 1. The average Bonchev–Trinajstić information content (AvgIpc) is 2.70. The first kappa shape index (κ1) is 22.2. The second-order valence-electron chi connectivity index (χ2n) is 6.94. The van der Waals surface area contributed by atoms with E-state index in [1.165, 1.54) is 4.31 Å². The quantitative estimate of drug-likeness (QED) is 0.662. The number of benzene rings is 2. The van der Waals surface area contributed by atoms with Crippen molar-refractivity contribution in [2.45, 2.75) is 11.8 Å². The third-order valence-electron chi connectivity index (χ3n) is 4.88. The fourth-order valence-electron chi connectivity index (χ4n) is 3.15. The van der Waals surface area contributed by atoms with Crippen LogP contribution in [0.4, 0.5) is 0 Å². The van der Waals surface area contributed by atoms with Crippen molar-refractivity contribution in [1.82, 2.24) is 14.5 Å². The highest BCUT2D eigenvalue weighted by Gasteiger charge is 2.28. The van der Waals surface area contributed by atoms with E-state index in [2.05, 4.69) is 26.1 Å². The lowest BCUT2D eigenvalue weighted by Crippen LogP contribution is -2.50. The van der Waals surface area contributed by atoms with E-state index in [1.54, 1.807) is 30.3 Å². The summed E-state index contributed by atoms with van der Waals surface area (Å²) >= 11 is 9.42. The summed E-state index contributed by atoms with van der Waals surface area (Å²) < 4.78 is 27.8. The maximum Gasteiger partial charge on any atom is 0.252 e. The van der Waals surface area contributed by atoms with Crippen molar-refractivity contribution in [3.05, 3.63) is 63.1 Å². The Kier molecular flexibility index (Phi) is 7.34. The number of nitrogens with one attached hydrogen (secondary N) is 1. The number of nitrogens with zero attached hydrogens (tertiary/aromatic N) is 2. The Morgan fingerprint density at radius 3 is 2.41 bits per heavy atom. The second-order valence-corrected chi connectivity index (χ2v) is 10.2. The molecule has 9 heteroatoms. The highest BCUT2D eigenvalue weighted by Crippen LogP contribution is 2.21. The highest BCUT2D eigenvalue weighted by molar-refractivity contribution is 9.10. The molecular weight excluding hydrogens is 478 g/mol. The van der Waals surface area contributed by atoms with Gasteiger partial charge in [0.2, 0.25) is 10.0 Å². The Bertz CT molecular complexity index is 975. The van der Waals surface area contributed by atoms with Crippen molar-refractivity contribution in [3.8, 4) is 0 Å². The first-order valence-corrected chi connectivity index (χ1v) is 11.9. The molecule has 2 aromatic carbocycles. The molecule has 1 saturated heterocycles. The molecule has 6 nitrogen and oxygen atoms in total. The number of carbonyl (C=O) groups excluding carboxylic acids is 1. The van der Waals surface area contributed by atoms with Gasteiger partial charge in [0.15, 0.2) is 0 Å². The molecule has 3 rings (SSSR count). The lowest BCUT2D eigenvalue weighted by Gasteiger charge is -2.34. The number of halogens is 2. The van der Waals surface area contributed by atoms with Crippen LogP contribution in [0, 0.1) is 6.92 Å². The van der Waals surface area contributed by atoms with Gasteiger partial charge in [-0.15, -0.1) is 0 Å². The summed E-state index contributed by atoms with van der Waals surface area (Å²) in [5.74, 6) is -0.225. The predicted molar refractivity (Wildman–Crippen MR) is 118 cm³/mol. The minimum Gasteiger partial charge on any atom is -0.351 e. The van der Waals surface area contributed by atoms with E-state index < -0.39 is 10.0 Å². The smallest absolute Gasteiger partial charge is 0.252 e. The summed E-state index contributed by atoms with van der Waals surface area (Å²) in [6.45, 7) is 5.15. The molecule has 0 bridgehead atoms. The number of hydrogen-bond donors (Lipinski definition) is 1. The number of aryl methyl sites for hydroxylation is 1. The fraction of sp³-hybridized carbons (Fsp3) is 0.350. The van der Waals surface area contributed by atoms with E-state index >= 15 is 0 Å². The first-order valence-electron chi connectivity index (χ1n) is 9.30. The van der Waals surface area contributed by atoms with Crippen LogP contribution in [-0.2, 0) is 10.0 Å². The molecular formula is C20H23BrClN3O3S. The standard InChI is InChI=1S/C20H23BrClN3O3S/c1-15-2-5-17(6-3-15)29(27,28)25-12-10-24(11-13-25)9-8-23-20(26)18-14-16(21)4-7-19(18)22/h2-7,14H,8-13H2,1H3,(H,23,26). The molecule has 29 heavy (non-hydrogen) atoms. The largest absolute Gasteiger partial charge is 0.351 e. The Morgan fingerprint density at radius 2 is 1.76 bits per heavy atom. The molecule has 0 aromatic heterocycles. The molecule has 0 atom stereocenters. The van der Waals surface area contributed by atoms with Crippen LogP contribution in [-0.4, -0.2) is 62.8 Å². The van der Waals surface area contributed by atoms with Crippen LogP contribution in [0.5, 0.6) is 0 Å². The van der Waals surface area contributed by atoms with Gasteiger partial charge in [-0.3, -0.25) is 9.69 Å². The first-order chi connectivity index (χ1) is 13.8. The minimum atomic E-state index is -3.46. The predicted octanol–water partition coefficient (Wildman–Crippen LogP) is 3.15. The van der Waals surface area contributed by atoms with Crippen molar-refractivity contribution < 1.29 is 13.2 Å². The Hall–Kier alpha value is -1.45. The molecule has 0 saturated carbocycles. The molecule has 1 amide bonds. The number of hydrogen-bond acceptors (Lipinski definition) is 4. The van der Waals surface area contributed by atoms with Crippen LogP contribution in [0.2, 0.25) is 5.02 Å². The lowest BCUT2D eigenvalue weighted by atomic mass is 10.2. The highest BCUT2D eigenvalue weighted by atomic mass is 79.9. The van der Waals surface area contributed by atoms with Crippen molar-refractivity contribution >= 4 is 43.5 Å². The van der Waals surface area contributed by atoms with Crippen LogP contribution in [0.1, 0.15) is 15.9 Å². The maximum atomic E-state index is 12.8. The molecule has 0 unspecified atom stereocenters. The van der Waals surface area contributed by atoms with E-state index in [0.29, 0.717) is 54.8 Å². The van der Waals surface area contributed by atoms with Gasteiger partial charge in [-0.2, -0.15) is 4.31 Å². The average molecular weight is 501 g/mol. The van der Waals surface area contributed by atoms with Crippen molar-refractivity contribution in [3.63, 3.8) is 0 Å².